The number of Topliss-reactive ketones (excluding diaryl/α,β-unsaturated/α-hetero) is 1. The number of benzene rings is 1. The van der Waals surface area contributed by atoms with Gasteiger partial charge in [-0.15, -0.1) is 0 Å². The zero-order valence-corrected chi connectivity index (χ0v) is 12.7. The molecule has 0 radical (unpaired) electrons. The van der Waals surface area contributed by atoms with Crippen LogP contribution in [-0.4, -0.2) is 11.5 Å². The van der Waals surface area contributed by atoms with Crippen molar-refractivity contribution < 1.29 is 4.79 Å². The SMILES string of the molecule is C=C(CCC)CCSSc1ccccc1C(C)=O. The molecule has 0 saturated carbocycles. The summed E-state index contributed by atoms with van der Waals surface area (Å²) in [7, 11) is 3.49. The van der Waals surface area contributed by atoms with Crippen LogP contribution in [0, 0.1) is 0 Å². The van der Waals surface area contributed by atoms with Gasteiger partial charge < -0.3 is 0 Å². The first kappa shape index (κ1) is 15.4. The summed E-state index contributed by atoms with van der Waals surface area (Å²) in [4.78, 5) is 12.5. The standard InChI is InChI=1S/C15H20OS2/c1-4-7-12(2)10-11-17-18-15-9-6-5-8-14(15)13(3)16/h5-6,8-9H,2,4,7,10-11H2,1,3H3. The van der Waals surface area contributed by atoms with Crippen molar-refractivity contribution in [1.82, 2.24) is 0 Å². The molecule has 0 saturated heterocycles. The molecule has 0 bridgehead atoms. The summed E-state index contributed by atoms with van der Waals surface area (Å²) in [6.45, 7) is 7.85. The lowest BCUT2D eigenvalue weighted by Gasteiger charge is -2.06. The Morgan fingerprint density at radius 2 is 2.00 bits per heavy atom. The first-order chi connectivity index (χ1) is 8.65. The third kappa shape index (κ3) is 5.32. The van der Waals surface area contributed by atoms with Crippen LogP contribution < -0.4 is 0 Å². The van der Waals surface area contributed by atoms with E-state index in [1.165, 1.54) is 12.0 Å². The van der Waals surface area contributed by atoms with Gasteiger partial charge in [0.15, 0.2) is 5.78 Å². The van der Waals surface area contributed by atoms with Gasteiger partial charge in [0.25, 0.3) is 0 Å². The van der Waals surface area contributed by atoms with Crippen molar-refractivity contribution >= 4 is 27.4 Å². The molecule has 0 aliphatic carbocycles. The minimum absolute atomic E-state index is 0.133. The third-order valence-corrected chi connectivity index (χ3v) is 4.97. The predicted molar refractivity (Wildman–Crippen MR) is 83.4 cm³/mol. The molecule has 1 rings (SSSR count). The molecule has 18 heavy (non-hydrogen) atoms. The van der Waals surface area contributed by atoms with E-state index in [1.807, 2.05) is 24.3 Å². The normalized spacial score (nSPS) is 10.3. The Balaban J connectivity index is 2.40. The molecule has 98 valence electrons. The molecule has 0 aromatic heterocycles. The summed E-state index contributed by atoms with van der Waals surface area (Å²) in [5, 5.41) is 0. The summed E-state index contributed by atoms with van der Waals surface area (Å²) in [6, 6.07) is 7.79. The van der Waals surface area contributed by atoms with Crippen molar-refractivity contribution in [2.24, 2.45) is 0 Å². The second-order valence-corrected chi connectivity index (χ2v) is 6.67. The lowest BCUT2D eigenvalue weighted by atomic mass is 10.1. The maximum Gasteiger partial charge on any atom is 0.160 e. The molecule has 0 spiro atoms. The van der Waals surface area contributed by atoms with Gasteiger partial charge in [-0.2, -0.15) is 0 Å². The van der Waals surface area contributed by atoms with Crippen LogP contribution >= 0.6 is 21.6 Å². The smallest absolute Gasteiger partial charge is 0.160 e. The number of hydrogen-bond acceptors (Lipinski definition) is 3. The maximum atomic E-state index is 11.5. The average molecular weight is 280 g/mol. The van der Waals surface area contributed by atoms with Crippen LogP contribution in [0.3, 0.4) is 0 Å². The van der Waals surface area contributed by atoms with Crippen LogP contribution in [-0.2, 0) is 0 Å². The van der Waals surface area contributed by atoms with Gasteiger partial charge in [0.05, 0.1) is 0 Å². The fraction of sp³-hybridized carbons (Fsp3) is 0.400. The molecule has 1 aromatic carbocycles. The summed E-state index contributed by atoms with van der Waals surface area (Å²) in [5.74, 6) is 1.18. The molecule has 0 aliphatic heterocycles. The van der Waals surface area contributed by atoms with Crippen molar-refractivity contribution in [3.05, 3.63) is 42.0 Å². The Morgan fingerprint density at radius 3 is 2.67 bits per heavy atom. The van der Waals surface area contributed by atoms with Gasteiger partial charge in [0.1, 0.15) is 0 Å². The lowest BCUT2D eigenvalue weighted by molar-refractivity contribution is 0.101. The summed E-state index contributed by atoms with van der Waals surface area (Å²) < 4.78 is 0. The fourth-order valence-corrected chi connectivity index (χ4v) is 3.93. The fourth-order valence-electron chi connectivity index (χ4n) is 1.60. The topological polar surface area (TPSA) is 17.1 Å². The largest absolute Gasteiger partial charge is 0.294 e. The Morgan fingerprint density at radius 1 is 1.28 bits per heavy atom. The van der Waals surface area contributed by atoms with E-state index in [2.05, 4.69) is 13.5 Å². The van der Waals surface area contributed by atoms with Gasteiger partial charge in [0.2, 0.25) is 0 Å². The molecule has 0 unspecified atom stereocenters. The van der Waals surface area contributed by atoms with Gasteiger partial charge in [-0.1, -0.05) is 65.3 Å². The first-order valence-corrected chi connectivity index (χ1v) is 8.53. The van der Waals surface area contributed by atoms with E-state index in [-0.39, 0.29) is 5.78 Å². The Hall–Kier alpha value is -0.670. The van der Waals surface area contributed by atoms with E-state index < -0.39 is 0 Å². The summed E-state index contributed by atoms with van der Waals surface area (Å²) >= 11 is 0. The van der Waals surface area contributed by atoms with Gasteiger partial charge >= 0.3 is 0 Å². The zero-order valence-electron chi connectivity index (χ0n) is 11.1. The van der Waals surface area contributed by atoms with Crippen LogP contribution in [0.25, 0.3) is 0 Å². The van der Waals surface area contributed by atoms with E-state index in [1.54, 1.807) is 28.5 Å². The molecule has 0 amide bonds. The number of allylic oxidation sites excluding steroid dienone is 1. The van der Waals surface area contributed by atoms with Crippen molar-refractivity contribution in [2.45, 2.75) is 38.0 Å². The number of carbonyl (C=O) groups is 1. The lowest BCUT2D eigenvalue weighted by Crippen LogP contribution is -1.93. The maximum absolute atomic E-state index is 11.5. The van der Waals surface area contributed by atoms with E-state index in [0.717, 1.165) is 29.1 Å². The van der Waals surface area contributed by atoms with Crippen LogP contribution in [0.4, 0.5) is 0 Å². The second kappa shape index (κ2) is 8.44. The second-order valence-electron chi connectivity index (χ2n) is 4.21. The molecule has 0 aliphatic rings. The molecule has 3 heteroatoms. The Bertz CT molecular complexity index is 413. The molecule has 1 nitrogen and oxygen atoms in total. The number of ketones is 1. The van der Waals surface area contributed by atoms with Gasteiger partial charge in [-0.25, -0.2) is 0 Å². The monoisotopic (exact) mass is 280 g/mol. The van der Waals surface area contributed by atoms with Crippen LogP contribution in [0.5, 0.6) is 0 Å². The van der Waals surface area contributed by atoms with Crippen LogP contribution in [0.15, 0.2) is 41.3 Å². The highest BCUT2D eigenvalue weighted by atomic mass is 33.1. The molecular formula is C15H20OS2. The van der Waals surface area contributed by atoms with Gasteiger partial charge in [-0.05, 0) is 25.8 Å². The molecular weight excluding hydrogens is 260 g/mol. The Kier molecular flexibility index (Phi) is 7.21. The van der Waals surface area contributed by atoms with Crippen LogP contribution in [0.2, 0.25) is 0 Å². The van der Waals surface area contributed by atoms with Crippen molar-refractivity contribution in [3.8, 4) is 0 Å². The predicted octanol–water partition coefficient (Wildman–Crippen LogP) is 5.38. The minimum atomic E-state index is 0.133. The van der Waals surface area contributed by atoms with Gasteiger partial charge in [0, 0.05) is 16.2 Å². The van der Waals surface area contributed by atoms with Crippen LogP contribution in [0.1, 0.15) is 43.5 Å². The van der Waals surface area contributed by atoms with Crippen molar-refractivity contribution in [1.29, 1.82) is 0 Å². The van der Waals surface area contributed by atoms with E-state index in [9.17, 15) is 4.79 Å². The van der Waals surface area contributed by atoms with E-state index in [0.29, 0.717) is 0 Å². The van der Waals surface area contributed by atoms with Gasteiger partial charge in [-0.3, -0.25) is 4.79 Å². The highest BCUT2D eigenvalue weighted by Gasteiger charge is 2.06. The number of carbonyl (C=O) groups excluding carboxylic acids is 1. The quantitative estimate of drug-likeness (QED) is 0.275. The molecule has 0 N–H and O–H groups in total. The van der Waals surface area contributed by atoms with Crippen molar-refractivity contribution in [3.63, 3.8) is 0 Å². The Labute approximate surface area is 118 Å². The van der Waals surface area contributed by atoms with E-state index >= 15 is 0 Å². The minimum Gasteiger partial charge on any atom is -0.294 e. The zero-order chi connectivity index (χ0) is 13.4. The highest BCUT2D eigenvalue weighted by Crippen LogP contribution is 2.34. The molecule has 0 fully saturated rings. The molecule has 1 aromatic rings. The van der Waals surface area contributed by atoms with E-state index in [4.69, 9.17) is 0 Å². The third-order valence-electron chi connectivity index (χ3n) is 2.56. The number of rotatable bonds is 8. The molecule has 0 heterocycles. The van der Waals surface area contributed by atoms with Crippen molar-refractivity contribution in [2.75, 3.05) is 5.75 Å². The molecule has 0 atom stereocenters. The number of hydrogen-bond donors (Lipinski definition) is 0. The average Bonchev–Trinajstić information content (AvgIpc) is 2.35. The first-order valence-electron chi connectivity index (χ1n) is 6.21. The summed E-state index contributed by atoms with van der Waals surface area (Å²) in [6.07, 6.45) is 3.35. The highest BCUT2D eigenvalue weighted by molar-refractivity contribution is 8.76. The summed E-state index contributed by atoms with van der Waals surface area (Å²) in [5.41, 5.74) is 2.15.